The molecule has 2 aromatic heterocycles. The average Bonchev–Trinajstić information content (AvgIpc) is 3.51. The zero-order valence-electron chi connectivity index (χ0n) is 20.8. The van der Waals surface area contributed by atoms with E-state index < -0.39 is 5.97 Å². The van der Waals surface area contributed by atoms with Crippen LogP contribution in [0.5, 0.6) is 0 Å². The number of carboxylic acid groups (broad SMARTS) is 1. The molecule has 0 spiro atoms. The van der Waals surface area contributed by atoms with Crippen molar-refractivity contribution < 1.29 is 14.7 Å². The number of thiophene rings is 1. The lowest BCUT2D eigenvalue weighted by atomic mass is 10.0. The first-order valence-corrected chi connectivity index (χ1v) is 13.5. The van der Waals surface area contributed by atoms with Gasteiger partial charge in [0.2, 0.25) is 0 Å². The highest BCUT2D eigenvalue weighted by Gasteiger charge is 2.28. The van der Waals surface area contributed by atoms with Crippen LogP contribution >= 0.6 is 22.7 Å². The highest BCUT2D eigenvalue weighted by atomic mass is 32.1. The van der Waals surface area contributed by atoms with Gasteiger partial charge < -0.3 is 14.9 Å². The maximum atomic E-state index is 14.0. The predicted octanol–water partition coefficient (Wildman–Crippen LogP) is 6.88. The van der Waals surface area contributed by atoms with Crippen LogP contribution in [-0.4, -0.2) is 35.1 Å². The molecule has 0 aliphatic carbocycles. The molecule has 0 radical (unpaired) electrons. The third kappa shape index (κ3) is 5.34. The average molecular weight is 520 g/mol. The maximum Gasteiger partial charge on any atom is 0.348 e. The van der Waals surface area contributed by atoms with Gasteiger partial charge in [-0.1, -0.05) is 48.0 Å². The van der Waals surface area contributed by atoms with E-state index in [0.717, 1.165) is 44.7 Å². The summed E-state index contributed by atoms with van der Waals surface area (Å²) in [5.41, 5.74) is 3.78. The SMILES string of the molecule is CCN(CC)c1ncc(CN(C(=O)c2ccc(C)cc2C)c2cc(-c3ccccc3)sc2C(=O)O)s1. The smallest absolute Gasteiger partial charge is 0.348 e. The van der Waals surface area contributed by atoms with Crippen LogP contribution < -0.4 is 9.80 Å². The Morgan fingerprint density at radius 2 is 1.69 bits per heavy atom. The first kappa shape index (κ1) is 25.6. The Labute approximate surface area is 219 Å². The Hall–Kier alpha value is -3.49. The van der Waals surface area contributed by atoms with Crippen molar-refractivity contribution in [2.24, 2.45) is 0 Å². The molecule has 0 aliphatic heterocycles. The number of carbonyl (C=O) groups excluding carboxylic acids is 1. The Balaban J connectivity index is 1.82. The summed E-state index contributed by atoms with van der Waals surface area (Å²) >= 11 is 2.71. The molecule has 1 amide bonds. The number of hydrogen-bond donors (Lipinski definition) is 1. The number of aryl methyl sites for hydroxylation is 2. The number of hydrogen-bond acceptors (Lipinski definition) is 6. The normalized spacial score (nSPS) is 10.9. The molecular formula is C28H29N3O3S2. The van der Waals surface area contributed by atoms with Gasteiger partial charge in [0, 0.05) is 34.6 Å². The molecule has 0 unspecified atom stereocenters. The molecule has 0 aliphatic rings. The molecule has 2 aromatic carbocycles. The molecule has 6 nitrogen and oxygen atoms in total. The summed E-state index contributed by atoms with van der Waals surface area (Å²) in [6.07, 6.45) is 1.78. The van der Waals surface area contributed by atoms with Gasteiger partial charge in [-0.3, -0.25) is 4.79 Å². The van der Waals surface area contributed by atoms with Crippen molar-refractivity contribution in [3.8, 4) is 10.4 Å². The van der Waals surface area contributed by atoms with Gasteiger partial charge in [-0.15, -0.1) is 22.7 Å². The van der Waals surface area contributed by atoms with E-state index in [2.05, 4.69) is 23.7 Å². The van der Waals surface area contributed by atoms with Gasteiger partial charge in [0.15, 0.2) is 5.13 Å². The number of amides is 1. The Bertz CT molecular complexity index is 1370. The van der Waals surface area contributed by atoms with Crippen LogP contribution in [-0.2, 0) is 6.54 Å². The van der Waals surface area contributed by atoms with Gasteiger partial charge in [0.25, 0.3) is 5.91 Å². The van der Waals surface area contributed by atoms with Crippen molar-refractivity contribution >= 4 is 45.4 Å². The number of aromatic carboxylic acids is 1. The molecule has 2 heterocycles. The summed E-state index contributed by atoms with van der Waals surface area (Å²) in [5.74, 6) is -1.28. The van der Waals surface area contributed by atoms with Crippen molar-refractivity contribution in [3.63, 3.8) is 0 Å². The van der Waals surface area contributed by atoms with Gasteiger partial charge >= 0.3 is 5.97 Å². The Morgan fingerprint density at radius 1 is 0.972 bits per heavy atom. The first-order valence-electron chi connectivity index (χ1n) is 11.8. The molecule has 0 bridgehead atoms. The number of aromatic nitrogens is 1. The van der Waals surface area contributed by atoms with Crippen molar-refractivity contribution in [1.29, 1.82) is 0 Å². The van der Waals surface area contributed by atoms with E-state index in [1.54, 1.807) is 11.1 Å². The zero-order chi connectivity index (χ0) is 25.8. The fraction of sp³-hybridized carbons (Fsp3) is 0.250. The summed E-state index contributed by atoms with van der Waals surface area (Å²) in [6.45, 7) is 9.96. The number of thiazole rings is 1. The lowest BCUT2D eigenvalue weighted by Crippen LogP contribution is -2.31. The van der Waals surface area contributed by atoms with Crippen molar-refractivity contribution in [2.45, 2.75) is 34.2 Å². The second kappa shape index (κ2) is 11.1. The van der Waals surface area contributed by atoms with Crippen molar-refractivity contribution in [1.82, 2.24) is 4.98 Å². The zero-order valence-corrected chi connectivity index (χ0v) is 22.4. The second-order valence-corrected chi connectivity index (χ2v) is 10.6. The number of anilines is 2. The first-order chi connectivity index (χ1) is 17.3. The molecule has 4 rings (SSSR count). The molecule has 36 heavy (non-hydrogen) atoms. The summed E-state index contributed by atoms with van der Waals surface area (Å²) in [5, 5.41) is 11.0. The van der Waals surface area contributed by atoms with E-state index in [4.69, 9.17) is 0 Å². The standard InChI is InChI=1S/C28H29N3O3S2/c1-5-30(6-2)28-29-16-21(35-28)17-31(26(32)22-13-12-18(3)14-19(22)4)23-15-24(36-25(23)27(33)34)20-10-8-7-9-11-20/h7-16H,5-6,17H2,1-4H3,(H,33,34). The van der Waals surface area contributed by atoms with Crippen LogP contribution in [0.4, 0.5) is 10.8 Å². The van der Waals surface area contributed by atoms with E-state index in [-0.39, 0.29) is 17.3 Å². The van der Waals surface area contributed by atoms with Gasteiger partial charge in [0.1, 0.15) is 4.88 Å². The molecule has 0 saturated heterocycles. The largest absolute Gasteiger partial charge is 0.477 e. The van der Waals surface area contributed by atoms with E-state index in [9.17, 15) is 14.7 Å². The Morgan fingerprint density at radius 3 is 2.33 bits per heavy atom. The summed E-state index contributed by atoms with van der Waals surface area (Å²) in [6, 6.07) is 17.1. The van der Waals surface area contributed by atoms with Gasteiger partial charge in [-0.05, 0) is 51.0 Å². The predicted molar refractivity (Wildman–Crippen MR) is 149 cm³/mol. The van der Waals surface area contributed by atoms with Crippen LogP contribution in [0.25, 0.3) is 10.4 Å². The van der Waals surface area contributed by atoms with E-state index in [0.29, 0.717) is 11.3 Å². The van der Waals surface area contributed by atoms with Crippen LogP contribution in [0, 0.1) is 13.8 Å². The molecule has 0 atom stereocenters. The van der Waals surface area contributed by atoms with Gasteiger partial charge in [0.05, 0.1) is 12.2 Å². The minimum absolute atomic E-state index is 0.139. The number of benzene rings is 2. The van der Waals surface area contributed by atoms with Crippen LogP contribution in [0.1, 0.15) is 49.9 Å². The molecule has 8 heteroatoms. The third-order valence-electron chi connectivity index (χ3n) is 6.00. The second-order valence-electron chi connectivity index (χ2n) is 8.49. The quantitative estimate of drug-likeness (QED) is 0.261. The number of carbonyl (C=O) groups is 2. The minimum Gasteiger partial charge on any atom is -0.477 e. The molecule has 0 fully saturated rings. The molecule has 0 saturated carbocycles. The summed E-state index contributed by atoms with van der Waals surface area (Å²) < 4.78 is 0. The van der Waals surface area contributed by atoms with Crippen molar-refractivity contribution in [3.05, 3.63) is 87.2 Å². The topological polar surface area (TPSA) is 73.7 Å². The Kier molecular flexibility index (Phi) is 7.86. The van der Waals surface area contributed by atoms with E-state index in [1.807, 2.05) is 68.4 Å². The fourth-order valence-electron chi connectivity index (χ4n) is 4.11. The number of carboxylic acids is 1. The van der Waals surface area contributed by atoms with Gasteiger partial charge in [-0.2, -0.15) is 0 Å². The lowest BCUT2D eigenvalue weighted by Gasteiger charge is -2.23. The number of nitrogens with zero attached hydrogens (tertiary/aromatic N) is 3. The summed E-state index contributed by atoms with van der Waals surface area (Å²) in [7, 11) is 0. The van der Waals surface area contributed by atoms with E-state index >= 15 is 0 Å². The minimum atomic E-state index is -1.05. The summed E-state index contributed by atoms with van der Waals surface area (Å²) in [4.78, 5) is 36.4. The van der Waals surface area contributed by atoms with Crippen LogP contribution in [0.2, 0.25) is 0 Å². The van der Waals surface area contributed by atoms with Crippen LogP contribution in [0.3, 0.4) is 0 Å². The molecular weight excluding hydrogens is 490 g/mol. The highest BCUT2D eigenvalue weighted by Crippen LogP contribution is 2.39. The lowest BCUT2D eigenvalue weighted by molar-refractivity contribution is 0.0703. The highest BCUT2D eigenvalue weighted by molar-refractivity contribution is 7.18. The fourth-order valence-corrected chi connectivity index (χ4v) is 6.14. The monoisotopic (exact) mass is 519 g/mol. The van der Waals surface area contributed by atoms with Gasteiger partial charge in [-0.25, -0.2) is 9.78 Å². The number of rotatable bonds is 9. The maximum absolute atomic E-state index is 14.0. The van der Waals surface area contributed by atoms with Crippen LogP contribution in [0.15, 0.2) is 60.8 Å². The molecule has 186 valence electrons. The van der Waals surface area contributed by atoms with Crippen molar-refractivity contribution in [2.75, 3.05) is 22.9 Å². The third-order valence-corrected chi connectivity index (χ3v) is 8.21. The van der Waals surface area contributed by atoms with E-state index in [1.165, 1.54) is 22.7 Å². The molecule has 4 aromatic rings. The molecule has 1 N–H and O–H groups in total.